The van der Waals surface area contributed by atoms with E-state index in [4.69, 9.17) is 0 Å². The number of rotatable bonds is 3. The summed E-state index contributed by atoms with van der Waals surface area (Å²) in [4.78, 5) is 21.8. The summed E-state index contributed by atoms with van der Waals surface area (Å²) in [7, 11) is 3.47. The van der Waals surface area contributed by atoms with Gasteiger partial charge in [0.1, 0.15) is 12.0 Å². The van der Waals surface area contributed by atoms with Crippen LogP contribution in [0.2, 0.25) is 0 Å². The zero-order valence-corrected chi connectivity index (χ0v) is 11.7. The molecule has 1 fully saturated rings. The number of aromatic nitrogens is 2. The van der Waals surface area contributed by atoms with Crippen molar-refractivity contribution in [3.8, 4) is 0 Å². The van der Waals surface area contributed by atoms with Crippen LogP contribution in [0.3, 0.4) is 0 Å². The Morgan fingerprint density at radius 3 is 3.00 bits per heavy atom. The van der Waals surface area contributed by atoms with E-state index in [0.717, 1.165) is 25.2 Å². The molecule has 0 spiro atoms. The van der Waals surface area contributed by atoms with E-state index in [2.05, 4.69) is 15.3 Å². The topological polar surface area (TPSA) is 58.1 Å². The smallest absolute Gasteiger partial charge is 0.272 e. The molecule has 104 valence electrons. The van der Waals surface area contributed by atoms with Gasteiger partial charge in [-0.3, -0.25) is 4.79 Å². The normalized spacial score (nSPS) is 19.8. The number of carbonyl (C=O) groups is 1. The van der Waals surface area contributed by atoms with Gasteiger partial charge in [0, 0.05) is 19.8 Å². The van der Waals surface area contributed by atoms with Gasteiger partial charge in [0.25, 0.3) is 5.91 Å². The number of hydrogen-bond donors (Lipinski definition) is 1. The summed E-state index contributed by atoms with van der Waals surface area (Å²) < 4.78 is 0. The first kappa shape index (κ1) is 13.9. The van der Waals surface area contributed by atoms with Crippen molar-refractivity contribution in [2.75, 3.05) is 27.2 Å². The molecule has 2 rings (SSSR count). The average molecular weight is 262 g/mol. The third-order valence-corrected chi connectivity index (χ3v) is 3.54. The van der Waals surface area contributed by atoms with Gasteiger partial charge in [-0.05, 0) is 50.8 Å². The summed E-state index contributed by atoms with van der Waals surface area (Å²) in [6.45, 7) is 2.20. The molecule has 0 radical (unpaired) electrons. The zero-order valence-electron chi connectivity index (χ0n) is 11.7. The molecule has 2 heterocycles. The molecule has 0 aliphatic carbocycles. The highest BCUT2D eigenvalue weighted by atomic mass is 16.2. The van der Waals surface area contributed by atoms with Gasteiger partial charge in [-0.25, -0.2) is 9.97 Å². The standard InChI is InChI=1S/C14H22N4O/c1-18(2)14(19)13-9-12(16-10-17-13)8-11-4-3-6-15-7-5-11/h9-11,15H,3-8H2,1-2H3. The lowest BCUT2D eigenvalue weighted by Crippen LogP contribution is -2.23. The summed E-state index contributed by atoms with van der Waals surface area (Å²) in [5.41, 5.74) is 1.47. The quantitative estimate of drug-likeness (QED) is 0.886. The molecule has 1 aromatic heterocycles. The van der Waals surface area contributed by atoms with Crippen LogP contribution in [0, 0.1) is 5.92 Å². The molecule has 0 saturated carbocycles. The van der Waals surface area contributed by atoms with Crippen LogP contribution >= 0.6 is 0 Å². The van der Waals surface area contributed by atoms with Gasteiger partial charge in [0.2, 0.25) is 0 Å². The first-order valence-electron chi connectivity index (χ1n) is 6.90. The highest BCUT2D eigenvalue weighted by molar-refractivity contribution is 5.91. The molecule has 5 nitrogen and oxygen atoms in total. The van der Waals surface area contributed by atoms with E-state index in [-0.39, 0.29) is 5.91 Å². The summed E-state index contributed by atoms with van der Waals surface area (Å²) >= 11 is 0. The highest BCUT2D eigenvalue weighted by Crippen LogP contribution is 2.18. The number of amides is 1. The second-order valence-corrected chi connectivity index (χ2v) is 5.35. The molecule has 1 amide bonds. The third kappa shape index (κ3) is 3.99. The van der Waals surface area contributed by atoms with E-state index in [0.29, 0.717) is 11.6 Å². The van der Waals surface area contributed by atoms with Crippen LogP contribution in [0.1, 0.15) is 35.4 Å². The number of carbonyl (C=O) groups excluding carboxylic acids is 1. The van der Waals surface area contributed by atoms with Crippen LogP contribution < -0.4 is 5.32 Å². The second kappa shape index (κ2) is 6.61. The van der Waals surface area contributed by atoms with Gasteiger partial charge >= 0.3 is 0 Å². The molecule has 19 heavy (non-hydrogen) atoms. The summed E-state index contributed by atoms with van der Waals surface area (Å²) in [6, 6.07) is 1.83. The van der Waals surface area contributed by atoms with Crippen molar-refractivity contribution in [3.63, 3.8) is 0 Å². The lowest BCUT2D eigenvalue weighted by atomic mass is 9.95. The summed E-state index contributed by atoms with van der Waals surface area (Å²) in [6.07, 6.45) is 6.08. The van der Waals surface area contributed by atoms with Crippen molar-refractivity contribution >= 4 is 5.91 Å². The van der Waals surface area contributed by atoms with Crippen LogP contribution in [0.5, 0.6) is 0 Å². The van der Waals surface area contributed by atoms with Crippen molar-refractivity contribution in [1.82, 2.24) is 20.2 Å². The Hall–Kier alpha value is -1.49. The maximum atomic E-state index is 11.9. The van der Waals surface area contributed by atoms with Crippen LogP contribution in [0.15, 0.2) is 12.4 Å². The molecular formula is C14H22N4O. The van der Waals surface area contributed by atoms with E-state index in [9.17, 15) is 4.79 Å². The molecular weight excluding hydrogens is 240 g/mol. The van der Waals surface area contributed by atoms with Gasteiger partial charge in [-0.15, -0.1) is 0 Å². The lowest BCUT2D eigenvalue weighted by Gasteiger charge is -2.14. The van der Waals surface area contributed by atoms with Gasteiger partial charge in [-0.2, -0.15) is 0 Å². The Labute approximate surface area is 114 Å². The van der Waals surface area contributed by atoms with Crippen molar-refractivity contribution in [3.05, 3.63) is 23.8 Å². The van der Waals surface area contributed by atoms with E-state index in [1.54, 1.807) is 19.0 Å². The number of nitrogens with zero attached hydrogens (tertiary/aromatic N) is 3. The molecule has 1 aliphatic heterocycles. The fourth-order valence-electron chi connectivity index (χ4n) is 2.45. The van der Waals surface area contributed by atoms with Crippen molar-refractivity contribution < 1.29 is 4.79 Å². The van der Waals surface area contributed by atoms with Crippen LogP contribution in [0.4, 0.5) is 0 Å². The number of hydrogen-bond acceptors (Lipinski definition) is 4. The molecule has 0 aromatic carbocycles. The monoisotopic (exact) mass is 262 g/mol. The van der Waals surface area contributed by atoms with Gasteiger partial charge in [0.05, 0.1) is 0 Å². The third-order valence-electron chi connectivity index (χ3n) is 3.54. The number of nitrogens with one attached hydrogen (secondary N) is 1. The summed E-state index contributed by atoms with van der Waals surface area (Å²) in [5, 5.41) is 3.41. The minimum atomic E-state index is -0.0637. The van der Waals surface area contributed by atoms with Crippen LogP contribution in [-0.2, 0) is 6.42 Å². The second-order valence-electron chi connectivity index (χ2n) is 5.35. The van der Waals surface area contributed by atoms with Crippen LogP contribution in [0.25, 0.3) is 0 Å². The Balaban J connectivity index is 2.04. The fraction of sp³-hybridized carbons (Fsp3) is 0.643. The maximum absolute atomic E-state index is 11.9. The molecule has 5 heteroatoms. The Kier molecular flexibility index (Phi) is 4.85. The molecule has 1 unspecified atom stereocenters. The van der Waals surface area contributed by atoms with Gasteiger partial charge < -0.3 is 10.2 Å². The van der Waals surface area contributed by atoms with E-state index < -0.39 is 0 Å². The minimum Gasteiger partial charge on any atom is -0.343 e. The zero-order chi connectivity index (χ0) is 13.7. The fourth-order valence-corrected chi connectivity index (χ4v) is 2.45. The molecule has 1 saturated heterocycles. The predicted octanol–water partition coefficient (Wildman–Crippen LogP) is 1.11. The van der Waals surface area contributed by atoms with Crippen molar-refractivity contribution in [1.29, 1.82) is 0 Å². The first-order valence-corrected chi connectivity index (χ1v) is 6.90. The first-order chi connectivity index (χ1) is 9.16. The Morgan fingerprint density at radius 2 is 2.21 bits per heavy atom. The Morgan fingerprint density at radius 1 is 1.37 bits per heavy atom. The van der Waals surface area contributed by atoms with Gasteiger partial charge in [-0.1, -0.05) is 0 Å². The Bertz CT molecular complexity index is 425. The van der Waals surface area contributed by atoms with E-state index >= 15 is 0 Å². The molecule has 1 N–H and O–H groups in total. The summed E-state index contributed by atoms with van der Waals surface area (Å²) in [5.74, 6) is 0.596. The molecule has 1 atom stereocenters. The van der Waals surface area contributed by atoms with Crippen molar-refractivity contribution in [2.45, 2.75) is 25.7 Å². The minimum absolute atomic E-state index is 0.0637. The molecule has 0 bridgehead atoms. The highest BCUT2D eigenvalue weighted by Gasteiger charge is 2.15. The largest absolute Gasteiger partial charge is 0.343 e. The van der Waals surface area contributed by atoms with E-state index in [1.165, 1.54) is 25.6 Å². The van der Waals surface area contributed by atoms with E-state index in [1.807, 2.05) is 6.07 Å². The molecule has 1 aliphatic rings. The lowest BCUT2D eigenvalue weighted by molar-refractivity contribution is 0.0821. The maximum Gasteiger partial charge on any atom is 0.272 e. The van der Waals surface area contributed by atoms with Crippen molar-refractivity contribution in [2.24, 2.45) is 5.92 Å². The van der Waals surface area contributed by atoms with Gasteiger partial charge in [0.15, 0.2) is 0 Å². The average Bonchev–Trinajstić information content (AvgIpc) is 2.66. The predicted molar refractivity (Wildman–Crippen MR) is 74.0 cm³/mol. The SMILES string of the molecule is CN(C)C(=O)c1cc(CC2CCCNCC2)ncn1. The van der Waals surface area contributed by atoms with Crippen LogP contribution in [-0.4, -0.2) is 48.0 Å². The molecule has 1 aromatic rings.